The van der Waals surface area contributed by atoms with Crippen molar-refractivity contribution in [3.05, 3.63) is 77.6 Å². The van der Waals surface area contributed by atoms with Gasteiger partial charge < -0.3 is 24.4 Å². The van der Waals surface area contributed by atoms with Gasteiger partial charge in [0.1, 0.15) is 35.6 Å². The lowest BCUT2D eigenvalue weighted by molar-refractivity contribution is -0.134. The predicted molar refractivity (Wildman–Crippen MR) is 167 cm³/mol. The fourth-order valence-corrected chi connectivity index (χ4v) is 6.20. The number of ether oxygens (including phenoxy) is 3. The van der Waals surface area contributed by atoms with Crippen molar-refractivity contribution in [3.63, 3.8) is 0 Å². The van der Waals surface area contributed by atoms with E-state index in [4.69, 9.17) is 14.2 Å². The van der Waals surface area contributed by atoms with Gasteiger partial charge in [-0.3, -0.25) is 4.79 Å². The molecule has 1 N–H and O–H groups in total. The monoisotopic (exact) mass is 598 g/mol. The second-order valence-corrected chi connectivity index (χ2v) is 14.2. The highest BCUT2D eigenvalue weighted by molar-refractivity contribution is 5.87. The maximum atomic E-state index is 12.0. The first kappa shape index (κ1) is 29.9. The van der Waals surface area contributed by atoms with Crippen LogP contribution in [0.2, 0.25) is 0 Å². The third-order valence-electron chi connectivity index (χ3n) is 8.85. The van der Waals surface area contributed by atoms with Crippen LogP contribution in [0.3, 0.4) is 0 Å². The van der Waals surface area contributed by atoms with Crippen LogP contribution in [0.4, 0.5) is 10.7 Å². The summed E-state index contributed by atoms with van der Waals surface area (Å²) in [6, 6.07) is 16.6. The topological polar surface area (TPSA) is 103 Å². The minimum atomic E-state index is -0.502. The zero-order valence-corrected chi connectivity index (χ0v) is 26.3. The Kier molecular flexibility index (Phi) is 7.76. The molecule has 0 unspecified atom stereocenters. The number of benzene rings is 2. The number of nitrogens with one attached hydrogen (secondary N) is 1. The smallest absolute Gasteiger partial charge is 0.407 e. The van der Waals surface area contributed by atoms with Crippen LogP contribution in [-0.4, -0.2) is 52.7 Å². The van der Waals surface area contributed by atoms with E-state index in [0.29, 0.717) is 31.2 Å². The molecule has 2 saturated carbocycles. The predicted octanol–water partition coefficient (Wildman–Crippen LogP) is 5.99. The average Bonchev–Trinajstić information content (AvgIpc) is 2.92. The molecule has 2 heterocycles. The summed E-state index contributed by atoms with van der Waals surface area (Å²) in [5.41, 5.74) is 2.75. The van der Waals surface area contributed by atoms with Gasteiger partial charge in [0.2, 0.25) is 5.95 Å². The maximum absolute atomic E-state index is 12.0. The van der Waals surface area contributed by atoms with E-state index < -0.39 is 5.60 Å². The number of hydrogen-bond donors (Lipinski definition) is 1. The number of carbonyl (C=O) groups excluding carboxylic acids is 2. The number of nitrogens with zero attached hydrogens (tertiary/aromatic N) is 3. The van der Waals surface area contributed by atoms with E-state index in [-0.39, 0.29) is 29.1 Å². The third kappa shape index (κ3) is 6.66. The molecule has 1 amide bonds. The maximum Gasteiger partial charge on any atom is 0.407 e. The minimum absolute atomic E-state index is 0.0819. The lowest BCUT2D eigenvalue weighted by atomic mass is 9.63. The van der Waals surface area contributed by atoms with Crippen molar-refractivity contribution in [2.45, 2.75) is 90.1 Å². The molecule has 1 aromatic heterocycles. The highest BCUT2D eigenvalue weighted by atomic mass is 16.6. The summed E-state index contributed by atoms with van der Waals surface area (Å²) < 4.78 is 17.5. The van der Waals surface area contributed by atoms with Crippen molar-refractivity contribution in [1.82, 2.24) is 15.3 Å². The van der Waals surface area contributed by atoms with Gasteiger partial charge in [0, 0.05) is 73.6 Å². The summed E-state index contributed by atoms with van der Waals surface area (Å²) >= 11 is 0. The van der Waals surface area contributed by atoms with Gasteiger partial charge >= 0.3 is 6.09 Å². The first-order chi connectivity index (χ1) is 20.9. The van der Waals surface area contributed by atoms with E-state index in [2.05, 4.69) is 58.3 Å². The number of anilines is 1. The molecule has 3 aliphatic rings. The molecule has 9 heteroatoms. The Bertz CT molecular complexity index is 1470. The molecule has 1 spiro atoms. The number of ketones is 1. The number of amides is 1. The number of Topliss-reactive ketones (excluding diaryl/α,β-unsaturated/α-hetero) is 1. The van der Waals surface area contributed by atoms with Crippen LogP contribution in [0.1, 0.15) is 77.0 Å². The molecule has 1 aliphatic heterocycles. The Morgan fingerprint density at radius 2 is 1.48 bits per heavy atom. The molecule has 0 atom stereocenters. The normalized spacial score (nSPS) is 20.7. The Balaban J connectivity index is 0.956. The van der Waals surface area contributed by atoms with Crippen molar-refractivity contribution in [3.8, 4) is 11.5 Å². The molecule has 0 bridgehead atoms. The average molecular weight is 599 g/mol. The lowest BCUT2D eigenvalue weighted by Crippen LogP contribution is -2.63. The summed E-state index contributed by atoms with van der Waals surface area (Å²) in [6.07, 6.45) is 6.27. The van der Waals surface area contributed by atoms with Gasteiger partial charge in [0.05, 0.1) is 0 Å². The largest absolute Gasteiger partial charge is 0.490 e. The zero-order valence-electron chi connectivity index (χ0n) is 26.3. The molecule has 44 heavy (non-hydrogen) atoms. The summed E-state index contributed by atoms with van der Waals surface area (Å²) in [5, 5.41) is 2.91. The van der Waals surface area contributed by atoms with Crippen LogP contribution in [0.5, 0.6) is 11.5 Å². The van der Waals surface area contributed by atoms with Gasteiger partial charge in [-0.1, -0.05) is 38.1 Å². The first-order valence-corrected chi connectivity index (χ1v) is 15.4. The SMILES string of the molecule is CC(C)(C)OC(=O)NC1CC(Oc2ccc(C(C)(C)c3ccc(OCc4cnc(N5CC6(CC(=O)C6)C5)nc4)cc3)cc2)C1. The summed E-state index contributed by atoms with van der Waals surface area (Å²) in [4.78, 5) is 34.5. The minimum Gasteiger partial charge on any atom is -0.490 e. The molecule has 3 aromatic rings. The quantitative estimate of drug-likeness (QED) is 0.321. The molecule has 9 nitrogen and oxygen atoms in total. The highest BCUT2D eigenvalue weighted by Crippen LogP contribution is 2.46. The van der Waals surface area contributed by atoms with E-state index in [0.717, 1.165) is 43.0 Å². The Labute approximate surface area is 259 Å². The van der Waals surface area contributed by atoms with Crippen molar-refractivity contribution in [2.24, 2.45) is 5.41 Å². The van der Waals surface area contributed by atoms with Crippen LogP contribution < -0.4 is 19.7 Å². The second kappa shape index (κ2) is 11.4. The molecule has 1 saturated heterocycles. The van der Waals surface area contributed by atoms with E-state index in [1.165, 1.54) is 11.1 Å². The summed E-state index contributed by atoms with van der Waals surface area (Å²) in [5.74, 6) is 2.70. The second-order valence-electron chi connectivity index (χ2n) is 14.2. The molecular weight excluding hydrogens is 556 g/mol. The van der Waals surface area contributed by atoms with Gasteiger partial charge in [-0.15, -0.1) is 0 Å². The zero-order chi connectivity index (χ0) is 31.1. The number of carbonyl (C=O) groups is 2. The van der Waals surface area contributed by atoms with E-state index in [1.807, 2.05) is 57.4 Å². The highest BCUT2D eigenvalue weighted by Gasteiger charge is 2.52. The van der Waals surface area contributed by atoms with Crippen LogP contribution in [0.25, 0.3) is 0 Å². The van der Waals surface area contributed by atoms with Crippen molar-refractivity contribution in [2.75, 3.05) is 18.0 Å². The molecule has 232 valence electrons. The van der Waals surface area contributed by atoms with E-state index in [9.17, 15) is 9.59 Å². The van der Waals surface area contributed by atoms with E-state index in [1.54, 1.807) is 0 Å². The van der Waals surface area contributed by atoms with Crippen LogP contribution in [0.15, 0.2) is 60.9 Å². The standard InChI is InChI=1S/C35H42N4O5/c1-33(2,3)44-32(41)38-26-14-30(15-26)43-29-12-8-25(9-13-29)34(4,5)24-6-10-28(11-7-24)42-20-23-18-36-31(37-19-23)39-21-35(22-39)16-27(40)17-35/h6-13,18-19,26,30H,14-17,20-22H2,1-5H3,(H,38,41). The van der Waals surface area contributed by atoms with Crippen LogP contribution in [0, 0.1) is 5.41 Å². The molecule has 2 aliphatic carbocycles. The Morgan fingerprint density at radius 1 is 0.909 bits per heavy atom. The summed E-state index contributed by atoms with van der Waals surface area (Å²) in [7, 11) is 0. The van der Waals surface area contributed by atoms with Gasteiger partial charge in [0.25, 0.3) is 0 Å². The number of aromatic nitrogens is 2. The lowest BCUT2D eigenvalue weighted by Gasteiger charge is -2.54. The van der Waals surface area contributed by atoms with Crippen LogP contribution in [-0.2, 0) is 21.6 Å². The molecule has 3 fully saturated rings. The van der Waals surface area contributed by atoms with Crippen molar-refractivity contribution in [1.29, 1.82) is 0 Å². The Morgan fingerprint density at radius 3 is 2.02 bits per heavy atom. The van der Waals surface area contributed by atoms with Gasteiger partial charge in [-0.2, -0.15) is 0 Å². The molecule has 6 rings (SSSR count). The van der Waals surface area contributed by atoms with Gasteiger partial charge in [0.15, 0.2) is 0 Å². The molecule has 2 aromatic carbocycles. The number of hydrogen-bond acceptors (Lipinski definition) is 8. The number of rotatable bonds is 9. The van der Waals surface area contributed by atoms with Gasteiger partial charge in [-0.05, 0) is 56.2 Å². The van der Waals surface area contributed by atoms with E-state index >= 15 is 0 Å². The van der Waals surface area contributed by atoms with Crippen molar-refractivity contribution < 1.29 is 23.8 Å². The van der Waals surface area contributed by atoms with Gasteiger partial charge in [-0.25, -0.2) is 14.8 Å². The molecular formula is C35H42N4O5. The fourth-order valence-electron chi connectivity index (χ4n) is 6.20. The Hall–Kier alpha value is -4.14. The van der Waals surface area contributed by atoms with Crippen molar-refractivity contribution >= 4 is 17.8 Å². The molecule has 0 radical (unpaired) electrons. The fraction of sp³-hybridized carbons (Fsp3) is 0.486. The number of alkyl carbamates (subject to hydrolysis) is 1. The third-order valence-corrected chi connectivity index (χ3v) is 8.85. The first-order valence-electron chi connectivity index (χ1n) is 15.4. The van der Waals surface area contributed by atoms with Crippen LogP contribution >= 0.6 is 0 Å². The summed E-state index contributed by atoms with van der Waals surface area (Å²) in [6.45, 7) is 12.1.